The standard InChI is InChI=1S/C8H13NS.C2H6/c1-6(2)4-8-5-9-7(3)10-8;1-2/h5-6H,4H2,1-3H3;1-2H3. The van der Waals surface area contributed by atoms with Crippen molar-refractivity contribution in [1.82, 2.24) is 4.98 Å². The molecule has 2 heteroatoms. The van der Waals surface area contributed by atoms with Gasteiger partial charge in [-0.05, 0) is 19.3 Å². The highest BCUT2D eigenvalue weighted by Gasteiger charge is 1.99. The van der Waals surface area contributed by atoms with Crippen LogP contribution in [0.25, 0.3) is 0 Å². The van der Waals surface area contributed by atoms with Crippen LogP contribution < -0.4 is 0 Å². The number of thiazole rings is 1. The molecule has 0 aliphatic rings. The summed E-state index contributed by atoms with van der Waals surface area (Å²) in [6.07, 6.45) is 3.16. The molecule has 0 aliphatic carbocycles. The number of hydrogen-bond donors (Lipinski definition) is 0. The molecule has 0 fully saturated rings. The van der Waals surface area contributed by atoms with Gasteiger partial charge in [0.1, 0.15) is 0 Å². The Bertz CT molecular complexity index is 203. The van der Waals surface area contributed by atoms with Crippen molar-refractivity contribution in [2.24, 2.45) is 5.92 Å². The van der Waals surface area contributed by atoms with Crippen LogP contribution in [0.4, 0.5) is 0 Å². The zero-order valence-electron chi connectivity index (χ0n) is 8.72. The predicted octanol–water partition coefficient (Wildman–Crippen LogP) is 3.68. The molecule has 0 aromatic carbocycles. The maximum Gasteiger partial charge on any atom is 0.0896 e. The second-order valence-corrected chi connectivity index (χ2v) is 4.26. The molecule has 0 saturated carbocycles. The van der Waals surface area contributed by atoms with Gasteiger partial charge in [-0.15, -0.1) is 11.3 Å². The van der Waals surface area contributed by atoms with Crippen molar-refractivity contribution in [1.29, 1.82) is 0 Å². The summed E-state index contributed by atoms with van der Waals surface area (Å²) in [4.78, 5) is 5.60. The Morgan fingerprint density at radius 2 is 2.00 bits per heavy atom. The van der Waals surface area contributed by atoms with Crippen LogP contribution in [0.2, 0.25) is 0 Å². The van der Waals surface area contributed by atoms with Gasteiger partial charge in [-0.25, -0.2) is 4.98 Å². The third-order valence-corrected chi connectivity index (χ3v) is 2.21. The molecule has 0 amide bonds. The van der Waals surface area contributed by atoms with Gasteiger partial charge in [0.25, 0.3) is 0 Å². The summed E-state index contributed by atoms with van der Waals surface area (Å²) in [5.74, 6) is 0.750. The van der Waals surface area contributed by atoms with Crippen LogP contribution in [0.3, 0.4) is 0 Å². The molecule has 1 aromatic heterocycles. The first-order valence-electron chi connectivity index (χ1n) is 4.60. The van der Waals surface area contributed by atoms with Gasteiger partial charge in [-0.2, -0.15) is 0 Å². The summed E-state index contributed by atoms with van der Waals surface area (Å²) in [6.45, 7) is 10.5. The molecule has 0 radical (unpaired) electrons. The second kappa shape index (κ2) is 6.18. The van der Waals surface area contributed by atoms with Crippen LogP contribution in [-0.2, 0) is 6.42 Å². The molecule has 1 nitrogen and oxygen atoms in total. The Morgan fingerprint density at radius 1 is 1.42 bits per heavy atom. The molecule has 0 N–H and O–H groups in total. The van der Waals surface area contributed by atoms with Crippen molar-refractivity contribution in [2.75, 3.05) is 0 Å². The van der Waals surface area contributed by atoms with Crippen molar-refractivity contribution in [2.45, 2.75) is 41.0 Å². The van der Waals surface area contributed by atoms with Gasteiger partial charge in [-0.1, -0.05) is 27.7 Å². The first-order chi connectivity index (χ1) is 5.68. The Labute approximate surface area is 79.9 Å². The van der Waals surface area contributed by atoms with Crippen molar-refractivity contribution in [3.05, 3.63) is 16.1 Å². The highest BCUT2D eigenvalue weighted by atomic mass is 32.1. The number of rotatable bonds is 2. The molecule has 0 aliphatic heterocycles. The minimum absolute atomic E-state index is 0.750. The molecular weight excluding hydrogens is 166 g/mol. The molecule has 0 unspecified atom stereocenters. The Kier molecular flexibility index (Phi) is 5.99. The lowest BCUT2D eigenvalue weighted by atomic mass is 10.1. The van der Waals surface area contributed by atoms with E-state index in [1.165, 1.54) is 16.3 Å². The lowest BCUT2D eigenvalue weighted by Gasteiger charge is -1.98. The molecule has 12 heavy (non-hydrogen) atoms. The van der Waals surface area contributed by atoms with E-state index >= 15 is 0 Å². The Morgan fingerprint density at radius 3 is 2.33 bits per heavy atom. The molecular formula is C10H19NS. The van der Waals surface area contributed by atoms with Gasteiger partial charge < -0.3 is 0 Å². The van der Waals surface area contributed by atoms with Gasteiger partial charge in [0, 0.05) is 11.1 Å². The first kappa shape index (κ1) is 11.6. The van der Waals surface area contributed by atoms with E-state index in [9.17, 15) is 0 Å². The maximum absolute atomic E-state index is 4.19. The average Bonchev–Trinajstić information content (AvgIpc) is 2.39. The summed E-state index contributed by atoms with van der Waals surface area (Å²) >= 11 is 1.80. The molecule has 70 valence electrons. The average molecular weight is 185 g/mol. The number of nitrogens with zero attached hydrogens (tertiary/aromatic N) is 1. The smallest absolute Gasteiger partial charge is 0.0896 e. The summed E-state index contributed by atoms with van der Waals surface area (Å²) in [5.41, 5.74) is 0. The number of hydrogen-bond acceptors (Lipinski definition) is 2. The van der Waals surface area contributed by atoms with E-state index in [0.717, 1.165) is 5.92 Å². The van der Waals surface area contributed by atoms with E-state index in [0.29, 0.717) is 0 Å². The minimum Gasteiger partial charge on any atom is -0.250 e. The zero-order valence-corrected chi connectivity index (χ0v) is 9.53. The highest BCUT2D eigenvalue weighted by molar-refractivity contribution is 7.11. The summed E-state index contributed by atoms with van der Waals surface area (Å²) < 4.78 is 0. The van der Waals surface area contributed by atoms with E-state index in [1.54, 1.807) is 11.3 Å². The van der Waals surface area contributed by atoms with Gasteiger partial charge >= 0.3 is 0 Å². The molecule has 1 aromatic rings. The summed E-state index contributed by atoms with van der Waals surface area (Å²) in [5, 5.41) is 1.18. The fourth-order valence-corrected chi connectivity index (χ4v) is 1.91. The Hall–Kier alpha value is -0.370. The largest absolute Gasteiger partial charge is 0.250 e. The normalized spacial score (nSPS) is 9.50. The lowest BCUT2D eigenvalue weighted by Crippen LogP contribution is -1.89. The molecule has 1 rings (SSSR count). The van der Waals surface area contributed by atoms with E-state index in [1.807, 2.05) is 20.0 Å². The topological polar surface area (TPSA) is 12.9 Å². The van der Waals surface area contributed by atoms with Crippen molar-refractivity contribution in [3.63, 3.8) is 0 Å². The van der Waals surface area contributed by atoms with Crippen LogP contribution in [0.15, 0.2) is 6.20 Å². The van der Waals surface area contributed by atoms with Gasteiger partial charge in [0.05, 0.1) is 5.01 Å². The third-order valence-electron chi connectivity index (χ3n) is 1.28. The fourth-order valence-electron chi connectivity index (χ4n) is 0.902. The molecule has 1 heterocycles. The van der Waals surface area contributed by atoms with Crippen molar-refractivity contribution >= 4 is 11.3 Å². The van der Waals surface area contributed by atoms with Crippen LogP contribution >= 0.6 is 11.3 Å². The van der Waals surface area contributed by atoms with Gasteiger partial charge in [0.2, 0.25) is 0 Å². The highest BCUT2D eigenvalue weighted by Crippen LogP contribution is 2.15. The maximum atomic E-state index is 4.19. The van der Waals surface area contributed by atoms with Crippen LogP contribution in [0.1, 0.15) is 37.6 Å². The van der Waals surface area contributed by atoms with Gasteiger partial charge in [0.15, 0.2) is 0 Å². The summed E-state index contributed by atoms with van der Waals surface area (Å²) in [6, 6.07) is 0. The molecule has 0 atom stereocenters. The van der Waals surface area contributed by atoms with Crippen molar-refractivity contribution in [3.8, 4) is 0 Å². The zero-order chi connectivity index (χ0) is 9.56. The van der Waals surface area contributed by atoms with E-state index in [-0.39, 0.29) is 0 Å². The quantitative estimate of drug-likeness (QED) is 0.685. The SMILES string of the molecule is CC.Cc1ncc(CC(C)C)s1. The number of aromatic nitrogens is 1. The van der Waals surface area contributed by atoms with Crippen molar-refractivity contribution < 1.29 is 0 Å². The third kappa shape index (κ3) is 4.50. The first-order valence-corrected chi connectivity index (χ1v) is 5.41. The lowest BCUT2D eigenvalue weighted by molar-refractivity contribution is 0.653. The van der Waals surface area contributed by atoms with E-state index in [4.69, 9.17) is 0 Å². The van der Waals surface area contributed by atoms with Gasteiger partial charge in [-0.3, -0.25) is 0 Å². The monoisotopic (exact) mass is 185 g/mol. The second-order valence-electron chi connectivity index (χ2n) is 2.94. The molecule has 0 saturated heterocycles. The predicted molar refractivity (Wildman–Crippen MR) is 56.7 cm³/mol. The van der Waals surface area contributed by atoms with E-state index < -0.39 is 0 Å². The van der Waals surface area contributed by atoms with Crippen LogP contribution in [0.5, 0.6) is 0 Å². The minimum atomic E-state index is 0.750. The van der Waals surface area contributed by atoms with Crippen LogP contribution in [-0.4, -0.2) is 4.98 Å². The van der Waals surface area contributed by atoms with Crippen LogP contribution in [0, 0.1) is 12.8 Å². The molecule has 0 bridgehead atoms. The number of aryl methyl sites for hydroxylation is 1. The van der Waals surface area contributed by atoms with E-state index in [2.05, 4.69) is 25.8 Å². The fraction of sp³-hybridized carbons (Fsp3) is 0.700. The Balaban J connectivity index is 0.000000561. The summed E-state index contributed by atoms with van der Waals surface area (Å²) in [7, 11) is 0. The molecule has 0 spiro atoms.